The van der Waals surface area contributed by atoms with Crippen molar-refractivity contribution in [1.82, 2.24) is 14.7 Å². The number of fused-ring (bicyclic) bond motifs is 1. The van der Waals surface area contributed by atoms with E-state index >= 15 is 0 Å². The number of sulfonamides is 1. The van der Waals surface area contributed by atoms with Crippen LogP contribution >= 0.6 is 11.3 Å². The van der Waals surface area contributed by atoms with Crippen molar-refractivity contribution in [1.29, 1.82) is 0 Å². The van der Waals surface area contributed by atoms with E-state index in [-0.39, 0.29) is 12.6 Å². The van der Waals surface area contributed by atoms with Crippen molar-refractivity contribution in [2.75, 3.05) is 30.5 Å². The molecule has 2 heterocycles. The minimum atomic E-state index is -3.66. The summed E-state index contributed by atoms with van der Waals surface area (Å²) in [6.07, 6.45) is 0.984. The number of thiazole rings is 1. The van der Waals surface area contributed by atoms with Gasteiger partial charge in [-0.2, -0.15) is 4.98 Å². The normalized spacial score (nSPS) is 12.4. The molecular weight excluding hydrogens is 466 g/mol. The maximum Gasteiger partial charge on any atom is 0.295 e. The van der Waals surface area contributed by atoms with Gasteiger partial charge in [-0.25, -0.2) is 18.1 Å². The lowest BCUT2D eigenvalue weighted by Crippen LogP contribution is -2.47. The van der Waals surface area contributed by atoms with E-state index < -0.39 is 22.0 Å². The first kappa shape index (κ1) is 22.7. The van der Waals surface area contributed by atoms with Gasteiger partial charge in [-0.05, 0) is 36.4 Å². The van der Waals surface area contributed by atoms with Crippen LogP contribution in [0.2, 0.25) is 0 Å². The second-order valence-corrected chi connectivity index (χ2v) is 9.70. The Morgan fingerprint density at radius 1 is 1.15 bits per heavy atom. The van der Waals surface area contributed by atoms with Crippen molar-refractivity contribution in [2.45, 2.75) is 6.04 Å². The lowest BCUT2D eigenvalue weighted by atomic mass is 10.2. The van der Waals surface area contributed by atoms with Crippen molar-refractivity contribution < 1.29 is 22.4 Å². The predicted octanol–water partition coefficient (Wildman–Crippen LogP) is 2.93. The van der Waals surface area contributed by atoms with E-state index in [4.69, 9.17) is 9.15 Å². The highest BCUT2D eigenvalue weighted by Crippen LogP contribution is 2.26. The number of rotatable bonds is 9. The highest BCUT2D eigenvalue weighted by atomic mass is 32.2. The molecule has 12 heteroatoms. The number of amides is 1. The minimum Gasteiger partial charge on any atom is -0.497 e. The molecule has 1 amide bonds. The smallest absolute Gasteiger partial charge is 0.295 e. The summed E-state index contributed by atoms with van der Waals surface area (Å²) in [5.41, 5.74) is 2.75. The number of hydrogen-bond donors (Lipinski definition) is 3. The Hall–Kier alpha value is -3.48. The van der Waals surface area contributed by atoms with Crippen molar-refractivity contribution in [3.05, 3.63) is 53.9 Å². The van der Waals surface area contributed by atoms with E-state index in [1.54, 1.807) is 24.6 Å². The summed E-state index contributed by atoms with van der Waals surface area (Å²) in [7, 11) is -2.08. The quantitative estimate of drug-likeness (QED) is 0.328. The van der Waals surface area contributed by atoms with Gasteiger partial charge in [0.15, 0.2) is 10.7 Å². The van der Waals surface area contributed by atoms with Crippen LogP contribution in [0.15, 0.2) is 58.3 Å². The number of hydrogen-bond acceptors (Lipinski definition) is 9. The molecule has 0 aliphatic rings. The van der Waals surface area contributed by atoms with Gasteiger partial charge in [0.05, 0.1) is 19.1 Å². The maximum absolute atomic E-state index is 12.8. The Bertz CT molecular complexity index is 1330. The van der Waals surface area contributed by atoms with Gasteiger partial charge in [0.2, 0.25) is 15.9 Å². The summed E-state index contributed by atoms with van der Waals surface area (Å²) >= 11 is 1.23. The standard InChI is InChI=1S/C21H21N5O5S2/c1-30-14-9-7-13(8-10-14)17-12-32-21(24-17)25-19(27)16(26-33(2,28)29)11-22-20-23-15-5-3-4-6-18(15)31-20/h3-10,12,16,26H,11H2,1-2H3,(H,22,23)(H,24,25,27). The predicted molar refractivity (Wildman–Crippen MR) is 127 cm³/mol. The van der Waals surface area contributed by atoms with Crippen LogP contribution in [0.5, 0.6) is 5.75 Å². The number of methoxy groups -OCH3 is 1. The van der Waals surface area contributed by atoms with Crippen LogP contribution in [-0.2, 0) is 14.8 Å². The summed E-state index contributed by atoms with van der Waals surface area (Å²) < 4.78 is 36.7. The topological polar surface area (TPSA) is 135 Å². The Labute approximate surface area is 194 Å². The third kappa shape index (κ3) is 5.86. The second kappa shape index (κ2) is 9.57. The van der Waals surface area contributed by atoms with Crippen molar-refractivity contribution in [3.63, 3.8) is 0 Å². The zero-order chi connectivity index (χ0) is 23.4. The highest BCUT2D eigenvalue weighted by molar-refractivity contribution is 7.88. The van der Waals surface area contributed by atoms with Crippen molar-refractivity contribution in [2.24, 2.45) is 0 Å². The molecule has 10 nitrogen and oxygen atoms in total. The number of aromatic nitrogens is 2. The van der Waals surface area contributed by atoms with Gasteiger partial charge in [-0.3, -0.25) is 4.79 Å². The monoisotopic (exact) mass is 487 g/mol. The van der Waals surface area contributed by atoms with E-state index in [9.17, 15) is 13.2 Å². The van der Waals surface area contributed by atoms with Crippen LogP contribution in [0.3, 0.4) is 0 Å². The minimum absolute atomic E-state index is 0.0809. The number of carbonyl (C=O) groups excluding carboxylic acids is 1. The van der Waals surface area contributed by atoms with E-state index in [2.05, 4.69) is 25.3 Å². The number of anilines is 2. The average Bonchev–Trinajstić information content (AvgIpc) is 3.42. The molecule has 0 aliphatic carbocycles. The van der Waals surface area contributed by atoms with Gasteiger partial charge in [0, 0.05) is 17.5 Å². The van der Waals surface area contributed by atoms with Crippen LogP contribution in [0.25, 0.3) is 22.4 Å². The van der Waals surface area contributed by atoms with Gasteiger partial charge in [0.1, 0.15) is 17.3 Å². The number of carbonyl (C=O) groups is 1. The largest absolute Gasteiger partial charge is 0.497 e. The van der Waals surface area contributed by atoms with E-state index in [1.807, 2.05) is 36.4 Å². The third-order valence-corrected chi connectivity index (χ3v) is 6.01. The molecule has 0 fully saturated rings. The number of benzene rings is 2. The summed E-state index contributed by atoms with van der Waals surface area (Å²) in [6.45, 7) is -0.0809. The van der Waals surface area contributed by atoms with Crippen molar-refractivity contribution in [3.8, 4) is 17.0 Å². The lowest BCUT2D eigenvalue weighted by molar-refractivity contribution is -0.117. The molecule has 0 aliphatic heterocycles. The molecule has 0 spiro atoms. The number of para-hydroxylation sites is 2. The molecule has 1 atom stereocenters. The molecule has 4 aromatic rings. The Kier molecular flexibility index (Phi) is 6.58. The lowest BCUT2D eigenvalue weighted by Gasteiger charge is -2.16. The first-order valence-electron chi connectivity index (χ1n) is 9.78. The fraction of sp³-hybridized carbons (Fsp3) is 0.190. The van der Waals surface area contributed by atoms with Gasteiger partial charge in [0.25, 0.3) is 6.01 Å². The highest BCUT2D eigenvalue weighted by Gasteiger charge is 2.24. The van der Waals surface area contributed by atoms with Crippen LogP contribution in [0.4, 0.5) is 11.1 Å². The number of nitrogens with zero attached hydrogens (tertiary/aromatic N) is 2. The second-order valence-electron chi connectivity index (χ2n) is 7.07. The van der Waals surface area contributed by atoms with Crippen LogP contribution < -0.4 is 20.1 Å². The molecule has 0 bridgehead atoms. The van der Waals surface area contributed by atoms with Gasteiger partial charge < -0.3 is 19.8 Å². The molecule has 33 heavy (non-hydrogen) atoms. The van der Waals surface area contributed by atoms with E-state index in [1.165, 1.54) is 11.3 Å². The SMILES string of the molecule is COc1ccc(-c2csc(NC(=O)C(CNc3nc4ccccc4o3)NS(C)(=O)=O)n2)cc1. The van der Waals surface area contributed by atoms with Crippen molar-refractivity contribution >= 4 is 49.5 Å². The summed E-state index contributed by atoms with van der Waals surface area (Å²) in [5.74, 6) is 0.156. The summed E-state index contributed by atoms with van der Waals surface area (Å²) in [6, 6.07) is 13.6. The fourth-order valence-corrected chi connectivity index (χ4v) is 4.43. The molecule has 4 rings (SSSR count). The van der Waals surface area contributed by atoms with Crippen LogP contribution in [0.1, 0.15) is 0 Å². The number of ether oxygens (including phenoxy) is 1. The molecule has 0 saturated heterocycles. The van der Waals surface area contributed by atoms with E-state index in [0.717, 1.165) is 17.6 Å². The van der Waals surface area contributed by atoms with Crippen LogP contribution in [0, 0.1) is 0 Å². The molecule has 172 valence electrons. The molecular formula is C21H21N5O5S2. The summed E-state index contributed by atoms with van der Waals surface area (Å²) in [5, 5.41) is 7.68. The molecule has 1 unspecified atom stereocenters. The van der Waals surface area contributed by atoms with Gasteiger partial charge in [-0.15, -0.1) is 11.3 Å². The molecule has 2 aromatic heterocycles. The van der Waals surface area contributed by atoms with E-state index in [0.29, 0.717) is 21.9 Å². The zero-order valence-electron chi connectivity index (χ0n) is 17.7. The first-order chi connectivity index (χ1) is 15.8. The summed E-state index contributed by atoms with van der Waals surface area (Å²) in [4.78, 5) is 21.5. The number of nitrogens with one attached hydrogen (secondary N) is 3. The van der Waals surface area contributed by atoms with Crippen LogP contribution in [-0.4, -0.2) is 50.2 Å². The average molecular weight is 488 g/mol. The van der Waals surface area contributed by atoms with Gasteiger partial charge in [-0.1, -0.05) is 12.1 Å². The molecule has 3 N–H and O–H groups in total. The first-order valence-corrected chi connectivity index (χ1v) is 12.6. The Morgan fingerprint density at radius 2 is 1.91 bits per heavy atom. The molecule has 2 aromatic carbocycles. The van der Waals surface area contributed by atoms with Gasteiger partial charge >= 0.3 is 0 Å². The Morgan fingerprint density at radius 3 is 2.61 bits per heavy atom. The number of oxazole rings is 1. The maximum atomic E-state index is 12.8. The fourth-order valence-electron chi connectivity index (χ4n) is 3.00. The molecule has 0 saturated carbocycles. The molecule has 0 radical (unpaired) electrons. The third-order valence-electron chi connectivity index (χ3n) is 4.54. The zero-order valence-corrected chi connectivity index (χ0v) is 19.4. The Balaban J connectivity index is 1.45.